The number of hydrogen-bond acceptors (Lipinski definition) is 6. The average Bonchev–Trinajstić information content (AvgIpc) is 2.72. The van der Waals surface area contributed by atoms with Crippen molar-refractivity contribution in [2.24, 2.45) is 0 Å². The quantitative estimate of drug-likeness (QED) is 0.634. The highest BCUT2D eigenvalue weighted by atomic mass is 32.1. The first-order valence-electron chi connectivity index (χ1n) is 4.56. The SMILES string of the molecule is O=C(O)CNc1ccc2scnc2c1[N+](=O)[O-]. The van der Waals surface area contributed by atoms with E-state index in [4.69, 9.17) is 5.11 Å². The summed E-state index contributed by atoms with van der Waals surface area (Å²) < 4.78 is 0.692. The number of nitrogens with one attached hydrogen (secondary N) is 1. The van der Waals surface area contributed by atoms with E-state index in [-0.39, 0.29) is 23.4 Å². The number of nitro groups is 1. The van der Waals surface area contributed by atoms with Gasteiger partial charge in [0.1, 0.15) is 12.2 Å². The second-order valence-electron chi connectivity index (χ2n) is 3.17. The van der Waals surface area contributed by atoms with Gasteiger partial charge in [0.25, 0.3) is 0 Å². The fraction of sp³-hybridized carbons (Fsp3) is 0.111. The molecule has 0 fully saturated rings. The molecular formula is C9H7N3O4S. The second-order valence-corrected chi connectivity index (χ2v) is 4.05. The van der Waals surface area contributed by atoms with Gasteiger partial charge in [-0.2, -0.15) is 0 Å². The minimum atomic E-state index is -1.09. The number of carboxylic acids is 1. The Kier molecular flexibility index (Phi) is 2.88. The number of hydrogen-bond donors (Lipinski definition) is 2. The van der Waals surface area contributed by atoms with Crippen molar-refractivity contribution in [3.05, 3.63) is 27.8 Å². The van der Waals surface area contributed by atoms with Crippen LogP contribution in [0.3, 0.4) is 0 Å². The Bertz CT molecular complexity index is 595. The number of aliphatic carboxylic acids is 1. The third-order valence-corrected chi connectivity index (χ3v) is 2.88. The molecule has 0 saturated heterocycles. The molecule has 2 N–H and O–H groups in total. The summed E-state index contributed by atoms with van der Waals surface area (Å²) >= 11 is 1.29. The number of nitro benzene ring substituents is 1. The van der Waals surface area contributed by atoms with Gasteiger partial charge in [0.15, 0.2) is 5.52 Å². The third-order valence-electron chi connectivity index (χ3n) is 2.09. The van der Waals surface area contributed by atoms with Crippen LogP contribution >= 0.6 is 11.3 Å². The fourth-order valence-corrected chi connectivity index (χ4v) is 2.09. The summed E-state index contributed by atoms with van der Waals surface area (Å²) in [5.74, 6) is -1.09. The maximum atomic E-state index is 11.0. The average molecular weight is 253 g/mol. The number of aromatic nitrogens is 1. The lowest BCUT2D eigenvalue weighted by atomic mass is 10.2. The largest absolute Gasteiger partial charge is 0.480 e. The molecule has 0 unspecified atom stereocenters. The zero-order valence-electron chi connectivity index (χ0n) is 8.41. The molecule has 1 aromatic carbocycles. The van der Waals surface area contributed by atoms with E-state index in [0.717, 1.165) is 0 Å². The Morgan fingerprint density at radius 2 is 2.35 bits per heavy atom. The molecule has 0 spiro atoms. The summed E-state index contributed by atoms with van der Waals surface area (Å²) in [4.78, 5) is 24.7. The van der Waals surface area contributed by atoms with Crippen molar-refractivity contribution in [3.8, 4) is 0 Å². The van der Waals surface area contributed by atoms with Gasteiger partial charge in [0, 0.05) is 0 Å². The van der Waals surface area contributed by atoms with Gasteiger partial charge in [0.2, 0.25) is 0 Å². The van der Waals surface area contributed by atoms with E-state index >= 15 is 0 Å². The maximum Gasteiger partial charge on any atom is 0.322 e. The normalized spacial score (nSPS) is 10.4. The van der Waals surface area contributed by atoms with Gasteiger partial charge >= 0.3 is 11.7 Å². The number of fused-ring (bicyclic) bond motifs is 1. The Hall–Kier alpha value is -2.22. The standard InChI is InChI=1S/C9H7N3O4S/c13-7(14)3-10-5-1-2-6-8(11-4-17-6)9(5)12(15)16/h1-2,4,10H,3H2,(H,13,14). The van der Waals surface area contributed by atoms with Gasteiger partial charge in [-0.25, -0.2) is 4.98 Å². The molecule has 1 heterocycles. The summed E-state index contributed by atoms with van der Waals surface area (Å²) in [7, 11) is 0. The Balaban J connectivity index is 2.50. The summed E-state index contributed by atoms with van der Waals surface area (Å²) in [6.07, 6.45) is 0. The van der Waals surface area contributed by atoms with Crippen molar-refractivity contribution in [3.63, 3.8) is 0 Å². The van der Waals surface area contributed by atoms with Crippen LogP contribution in [0.5, 0.6) is 0 Å². The first-order chi connectivity index (χ1) is 8.09. The molecule has 0 atom stereocenters. The number of carboxylic acid groups (broad SMARTS) is 1. The summed E-state index contributed by atoms with van der Waals surface area (Å²) in [5.41, 5.74) is 1.76. The fourth-order valence-electron chi connectivity index (χ4n) is 1.42. The molecule has 0 saturated carbocycles. The van der Waals surface area contributed by atoms with E-state index in [1.54, 1.807) is 6.07 Å². The molecule has 17 heavy (non-hydrogen) atoms. The Labute approximate surface area is 98.9 Å². The first kappa shape index (κ1) is 11.3. The molecule has 88 valence electrons. The van der Waals surface area contributed by atoms with Crippen molar-refractivity contribution < 1.29 is 14.8 Å². The minimum absolute atomic E-state index is 0.163. The van der Waals surface area contributed by atoms with E-state index in [2.05, 4.69) is 10.3 Å². The molecule has 0 bridgehead atoms. The highest BCUT2D eigenvalue weighted by Gasteiger charge is 2.20. The second kappa shape index (κ2) is 4.34. The summed E-state index contributed by atoms with van der Waals surface area (Å²) in [6, 6.07) is 3.16. The third kappa shape index (κ3) is 2.16. The van der Waals surface area contributed by atoms with Crippen molar-refractivity contribution in [2.75, 3.05) is 11.9 Å². The van der Waals surface area contributed by atoms with Crippen LogP contribution in [-0.2, 0) is 4.79 Å². The molecule has 0 amide bonds. The van der Waals surface area contributed by atoms with Crippen molar-refractivity contribution in [1.82, 2.24) is 4.98 Å². The van der Waals surface area contributed by atoms with Crippen molar-refractivity contribution >= 4 is 38.9 Å². The number of anilines is 1. The van der Waals surface area contributed by atoms with Crippen LogP contribution in [0, 0.1) is 10.1 Å². The smallest absolute Gasteiger partial charge is 0.322 e. The van der Waals surface area contributed by atoms with E-state index in [1.807, 2.05) is 0 Å². The molecule has 2 aromatic rings. The van der Waals surface area contributed by atoms with Crippen molar-refractivity contribution in [2.45, 2.75) is 0 Å². The predicted molar refractivity (Wildman–Crippen MR) is 62.4 cm³/mol. The van der Waals surface area contributed by atoms with Gasteiger partial charge in [-0.15, -0.1) is 11.3 Å². The Morgan fingerprint density at radius 1 is 1.59 bits per heavy atom. The molecule has 7 nitrogen and oxygen atoms in total. The van der Waals surface area contributed by atoms with Crippen LogP contribution in [0.25, 0.3) is 10.2 Å². The van der Waals surface area contributed by atoms with Gasteiger partial charge in [-0.05, 0) is 12.1 Å². The molecule has 2 rings (SSSR count). The molecule has 0 aliphatic rings. The van der Waals surface area contributed by atoms with Crippen LogP contribution < -0.4 is 5.32 Å². The minimum Gasteiger partial charge on any atom is -0.480 e. The zero-order chi connectivity index (χ0) is 12.4. The van der Waals surface area contributed by atoms with E-state index in [1.165, 1.54) is 22.9 Å². The number of nitrogens with zero attached hydrogens (tertiary/aromatic N) is 2. The molecule has 0 aliphatic heterocycles. The lowest BCUT2D eigenvalue weighted by molar-refractivity contribution is -0.382. The molecule has 1 aromatic heterocycles. The Morgan fingerprint density at radius 3 is 3.00 bits per heavy atom. The maximum absolute atomic E-state index is 11.0. The molecule has 0 aliphatic carbocycles. The zero-order valence-corrected chi connectivity index (χ0v) is 9.23. The van der Waals surface area contributed by atoms with E-state index in [9.17, 15) is 14.9 Å². The summed E-state index contributed by atoms with van der Waals surface area (Å²) in [5, 5.41) is 22.0. The predicted octanol–water partition coefficient (Wildman–Crippen LogP) is 1.70. The van der Waals surface area contributed by atoms with Gasteiger partial charge in [-0.1, -0.05) is 0 Å². The number of carbonyl (C=O) groups is 1. The topological polar surface area (TPSA) is 105 Å². The van der Waals surface area contributed by atoms with Gasteiger partial charge in [0.05, 0.1) is 15.1 Å². The highest BCUT2D eigenvalue weighted by molar-refractivity contribution is 7.16. The van der Waals surface area contributed by atoms with E-state index in [0.29, 0.717) is 4.70 Å². The monoisotopic (exact) mass is 253 g/mol. The van der Waals surface area contributed by atoms with E-state index < -0.39 is 10.9 Å². The first-order valence-corrected chi connectivity index (χ1v) is 5.44. The molecule has 8 heteroatoms. The lowest BCUT2D eigenvalue weighted by Crippen LogP contribution is -2.13. The van der Waals surface area contributed by atoms with Gasteiger partial charge in [-0.3, -0.25) is 14.9 Å². The number of thiazole rings is 1. The van der Waals surface area contributed by atoms with Crippen LogP contribution in [0.2, 0.25) is 0 Å². The van der Waals surface area contributed by atoms with Crippen LogP contribution in [0.15, 0.2) is 17.6 Å². The number of benzene rings is 1. The summed E-state index contributed by atoms with van der Waals surface area (Å²) in [6.45, 7) is -0.378. The number of rotatable bonds is 4. The van der Waals surface area contributed by atoms with Crippen LogP contribution in [0.1, 0.15) is 0 Å². The van der Waals surface area contributed by atoms with Crippen LogP contribution in [-0.4, -0.2) is 27.5 Å². The lowest BCUT2D eigenvalue weighted by Gasteiger charge is -2.04. The molecule has 0 radical (unpaired) electrons. The van der Waals surface area contributed by atoms with Gasteiger partial charge < -0.3 is 10.4 Å². The molecular weight excluding hydrogens is 246 g/mol. The van der Waals surface area contributed by atoms with Crippen LogP contribution in [0.4, 0.5) is 11.4 Å². The van der Waals surface area contributed by atoms with Crippen molar-refractivity contribution in [1.29, 1.82) is 0 Å². The highest BCUT2D eigenvalue weighted by Crippen LogP contribution is 2.34.